The predicted octanol–water partition coefficient (Wildman–Crippen LogP) is 1.80. The van der Waals surface area contributed by atoms with Crippen molar-refractivity contribution in [2.24, 2.45) is 0 Å². The van der Waals surface area contributed by atoms with E-state index in [9.17, 15) is 4.79 Å². The maximum Gasteiger partial charge on any atom is 0.563 e. The van der Waals surface area contributed by atoms with Crippen LogP contribution in [0, 0.1) is 6.57 Å². The minimum absolute atomic E-state index is 1.10. The first-order valence-corrected chi connectivity index (χ1v) is 2.40. The van der Waals surface area contributed by atoms with Crippen molar-refractivity contribution < 1.29 is 9.53 Å². The van der Waals surface area contributed by atoms with Gasteiger partial charge in [-0.05, 0) is 0 Å². The molecule has 0 saturated heterocycles. The standard InChI is InChI=1S/C3HCl2NO2/c1-6-3(7)8-2(4)5/h2H. The minimum atomic E-state index is -1.24. The summed E-state index contributed by atoms with van der Waals surface area (Å²) in [5.74, 6) is 0. The molecule has 3 nitrogen and oxygen atoms in total. The summed E-state index contributed by atoms with van der Waals surface area (Å²) in [6.07, 6.45) is -1.10. The van der Waals surface area contributed by atoms with Crippen LogP contribution in [0.4, 0.5) is 4.79 Å². The quantitative estimate of drug-likeness (QED) is 0.425. The van der Waals surface area contributed by atoms with Crippen LogP contribution >= 0.6 is 23.2 Å². The molecular formula is C3HCl2NO2. The van der Waals surface area contributed by atoms with Gasteiger partial charge in [0.1, 0.15) is 6.57 Å². The Bertz CT molecular complexity index is 128. The van der Waals surface area contributed by atoms with Crippen LogP contribution in [0.25, 0.3) is 4.85 Å². The summed E-state index contributed by atoms with van der Waals surface area (Å²) >= 11 is 9.86. The molecule has 0 aromatic heterocycles. The summed E-state index contributed by atoms with van der Waals surface area (Å²) in [6.45, 7) is 6.04. The fourth-order valence-electron chi connectivity index (χ4n) is 0.103. The van der Waals surface area contributed by atoms with E-state index in [4.69, 9.17) is 29.8 Å². The third-order valence-electron chi connectivity index (χ3n) is 0.281. The van der Waals surface area contributed by atoms with E-state index in [0.717, 1.165) is 0 Å². The third kappa shape index (κ3) is 3.72. The number of carbonyl (C=O) groups is 1. The summed E-state index contributed by atoms with van der Waals surface area (Å²) in [4.78, 5) is 12.2. The van der Waals surface area contributed by atoms with Gasteiger partial charge >= 0.3 is 6.09 Å². The molecule has 0 aliphatic rings. The van der Waals surface area contributed by atoms with E-state index in [1.165, 1.54) is 0 Å². The monoisotopic (exact) mass is 153 g/mol. The number of alkyl halides is 2. The molecule has 0 rings (SSSR count). The average Bonchev–Trinajstić information content (AvgIpc) is 1.65. The molecule has 0 aromatic carbocycles. The number of halogens is 2. The third-order valence-corrected chi connectivity index (χ3v) is 0.459. The zero-order valence-corrected chi connectivity index (χ0v) is 5.11. The largest absolute Gasteiger partial charge is 0.563 e. The topological polar surface area (TPSA) is 30.7 Å². The summed E-state index contributed by atoms with van der Waals surface area (Å²) in [5, 5.41) is -1.24. The van der Waals surface area contributed by atoms with Crippen molar-refractivity contribution >= 4 is 29.3 Å². The van der Waals surface area contributed by atoms with E-state index in [-0.39, 0.29) is 0 Å². The van der Waals surface area contributed by atoms with E-state index < -0.39 is 11.1 Å². The molecule has 0 fully saturated rings. The number of rotatable bonds is 1. The van der Waals surface area contributed by atoms with Crippen molar-refractivity contribution in [3.63, 3.8) is 0 Å². The summed E-state index contributed by atoms with van der Waals surface area (Å²) in [7, 11) is 0. The lowest BCUT2D eigenvalue weighted by Gasteiger charge is -1.95. The highest BCUT2D eigenvalue weighted by atomic mass is 35.5. The Morgan fingerprint density at radius 1 is 1.75 bits per heavy atom. The Morgan fingerprint density at radius 2 is 2.25 bits per heavy atom. The van der Waals surface area contributed by atoms with Gasteiger partial charge in [-0.3, -0.25) is 4.79 Å². The number of hydrogen-bond donors (Lipinski definition) is 0. The van der Waals surface area contributed by atoms with Gasteiger partial charge in [0.25, 0.3) is 0 Å². The Kier molecular flexibility index (Phi) is 3.33. The summed E-state index contributed by atoms with van der Waals surface area (Å²) in [6, 6.07) is 0. The molecular weight excluding hydrogens is 153 g/mol. The first kappa shape index (κ1) is 7.54. The Hall–Kier alpha value is -0.460. The lowest BCUT2D eigenvalue weighted by molar-refractivity contribution is 0.175. The molecule has 0 unspecified atom stereocenters. The highest BCUT2D eigenvalue weighted by Gasteiger charge is 2.04. The van der Waals surface area contributed by atoms with Crippen LogP contribution in [0.15, 0.2) is 0 Å². The molecule has 0 aromatic rings. The van der Waals surface area contributed by atoms with Gasteiger partial charge in [-0.2, -0.15) is 4.85 Å². The molecule has 0 radical (unpaired) electrons. The molecule has 0 N–H and O–H groups in total. The fourth-order valence-corrected chi connectivity index (χ4v) is 0.255. The Labute approximate surface area is 56.0 Å². The van der Waals surface area contributed by atoms with Crippen molar-refractivity contribution in [2.75, 3.05) is 0 Å². The maximum atomic E-state index is 9.88. The number of nitrogens with zero attached hydrogens (tertiary/aromatic N) is 1. The molecule has 0 atom stereocenters. The van der Waals surface area contributed by atoms with Crippen molar-refractivity contribution in [3.05, 3.63) is 11.4 Å². The van der Waals surface area contributed by atoms with E-state index in [2.05, 4.69) is 9.58 Å². The van der Waals surface area contributed by atoms with Crippen LogP contribution in [0.5, 0.6) is 0 Å². The van der Waals surface area contributed by atoms with Gasteiger partial charge in [0.05, 0.1) is 0 Å². The van der Waals surface area contributed by atoms with E-state index in [1.54, 1.807) is 0 Å². The molecule has 0 heterocycles. The summed E-state index contributed by atoms with van der Waals surface area (Å²) in [5.41, 5.74) is 0. The van der Waals surface area contributed by atoms with Gasteiger partial charge in [-0.25, -0.2) is 0 Å². The Balaban J connectivity index is 3.44. The van der Waals surface area contributed by atoms with Gasteiger partial charge in [-0.1, -0.05) is 23.2 Å². The minimum Gasteiger partial charge on any atom is -0.456 e. The van der Waals surface area contributed by atoms with Gasteiger partial charge < -0.3 is 4.74 Å². The average molecular weight is 154 g/mol. The maximum absolute atomic E-state index is 9.88. The number of carbonyl (C=O) groups excluding carboxylic acids is 1. The summed E-state index contributed by atoms with van der Waals surface area (Å²) < 4.78 is 3.94. The van der Waals surface area contributed by atoms with E-state index >= 15 is 0 Å². The van der Waals surface area contributed by atoms with Crippen LogP contribution in [0.2, 0.25) is 0 Å². The lowest BCUT2D eigenvalue weighted by atomic mass is 11.2. The van der Waals surface area contributed by atoms with Gasteiger partial charge in [-0.15, -0.1) is 0 Å². The smallest absolute Gasteiger partial charge is 0.456 e. The lowest BCUT2D eigenvalue weighted by Crippen LogP contribution is -1.99. The van der Waals surface area contributed by atoms with Gasteiger partial charge in [0.15, 0.2) is 0 Å². The van der Waals surface area contributed by atoms with E-state index in [0.29, 0.717) is 0 Å². The van der Waals surface area contributed by atoms with Crippen molar-refractivity contribution in [1.82, 2.24) is 0 Å². The van der Waals surface area contributed by atoms with Crippen LogP contribution in [-0.4, -0.2) is 11.1 Å². The molecule has 5 heteroatoms. The van der Waals surface area contributed by atoms with Crippen LogP contribution in [0.1, 0.15) is 0 Å². The van der Waals surface area contributed by atoms with Crippen LogP contribution < -0.4 is 0 Å². The molecule has 8 heavy (non-hydrogen) atoms. The second kappa shape index (κ2) is 3.53. The molecule has 0 aliphatic heterocycles. The number of amides is 1. The number of ether oxygens (including phenoxy) is 1. The highest BCUT2D eigenvalue weighted by Crippen LogP contribution is 2.03. The molecule has 0 spiro atoms. The van der Waals surface area contributed by atoms with Gasteiger partial charge in [0.2, 0.25) is 5.02 Å². The van der Waals surface area contributed by atoms with Crippen molar-refractivity contribution in [2.45, 2.75) is 5.02 Å². The van der Waals surface area contributed by atoms with E-state index in [1.807, 2.05) is 0 Å². The van der Waals surface area contributed by atoms with Crippen LogP contribution in [0.3, 0.4) is 0 Å². The fraction of sp³-hybridized carbons (Fsp3) is 0.333. The first-order valence-electron chi connectivity index (χ1n) is 1.53. The number of hydrogen-bond acceptors (Lipinski definition) is 2. The molecule has 0 aliphatic carbocycles. The molecule has 44 valence electrons. The van der Waals surface area contributed by atoms with Crippen molar-refractivity contribution in [1.29, 1.82) is 0 Å². The van der Waals surface area contributed by atoms with Crippen molar-refractivity contribution in [3.8, 4) is 0 Å². The second-order valence-corrected chi connectivity index (χ2v) is 1.77. The zero-order valence-electron chi connectivity index (χ0n) is 3.60. The molecule has 1 amide bonds. The van der Waals surface area contributed by atoms with Crippen LogP contribution in [-0.2, 0) is 4.74 Å². The second-order valence-electron chi connectivity index (χ2n) is 0.756. The predicted molar refractivity (Wildman–Crippen MR) is 28.6 cm³/mol. The normalized spacial score (nSPS) is 8.25. The SMILES string of the molecule is [C-]#[N+]C(=O)OC(Cl)Cl. The molecule has 0 bridgehead atoms. The Morgan fingerprint density at radius 3 is 2.38 bits per heavy atom. The highest BCUT2D eigenvalue weighted by molar-refractivity contribution is 6.43. The molecule has 0 saturated carbocycles. The first-order chi connectivity index (χ1) is 3.66. The zero-order chi connectivity index (χ0) is 6.57. The van der Waals surface area contributed by atoms with Gasteiger partial charge in [0, 0.05) is 0 Å².